The minimum Gasteiger partial charge on any atom is -0.324 e. The first kappa shape index (κ1) is 7.57. The van der Waals surface area contributed by atoms with Crippen molar-refractivity contribution in [2.75, 3.05) is 0 Å². The molecule has 0 aliphatic heterocycles. The second kappa shape index (κ2) is 2.58. The van der Waals surface area contributed by atoms with Gasteiger partial charge in [0.05, 0.1) is 0 Å². The van der Waals surface area contributed by atoms with E-state index < -0.39 is 0 Å². The van der Waals surface area contributed by atoms with Gasteiger partial charge in [-0.05, 0) is 42.2 Å². The van der Waals surface area contributed by atoms with Gasteiger partial charge in [-0.3, -0.25) is 0 Å². The highest BCUT2D eigenvalue weighted by atomic mass is 14.7. The summed E-state index contributed by atoms with van der Waals surface area (Å²) in [6.07, 6.45) is 4.02. The second-order valence-corrected chi connectivity index (χ2v) is 4.42. The fourth-order valence-corrected chi connectivity index (χ4v) is 3.07. The number of benzene rings is 1. The Morgan fingerprint density at radius 3 is 2.69 bits per heavy atom. The van der Waals surface area contributed by atoms with E-state index >= 15 is 0 Å². The van der Waals surface area contributed by atoms with Crippen molar-refractivity contribution in [2.24, 2.45) is 11.7 Å². The molecule has 2 aliphatic rings. The molecule has 13 heavy (non-hydrogen) atoms. The van der Waals surface area contributed by atoms with E-state index in [0.717, 1.165) is 11.8 Å². The van der Waals surface area contributed by atoms with E-state index in [4.69, 9.17) is 5.73 Å². The Morgan fingerprint density at radius 2 is 1.85 bits per heavy atom. The Hall–Kier alpha value is -0.820. The van der Waals surface area contributed by atoms with Crippen molar-refractivity contribution in [1.29, 1.82) is 0 Å². The van der Waals surface area contributed by atoms with Crippen LogP contribution in [0.15, 0.2) is 24.3 Å². The Balaban J connectivity index is 2.16. The van der Waals surface area contributed by atoms with Gasteiger partial charge in [-0.25, -0.2) is 0 Å². The molecular formula is C12H15N. The van der Waals surface area contributed by atoms with E-state index in [-0.39, 0.29) is 0 Å². The molecule has 1 heteroatoms. The largest absolute Gasteiger partial charge is 0.324 e. The smallest absolute Gasteiger partial charge is 0.0326 e. The first-order chi connectivity index (χ1) is 6.36. The molecule has 1 aromatic carbocycles. The molecular weight excluding hydrogens is 158 g/mol. The fraction of sp³-hybridized carbons (Fsp3) is 0.500. The molecule has 2 N–H and O–H groups in total. The van der Waals surface area contributed by atoms with Crippen molar-refractivity contribution in [3.8, 4) is 0 Å². The highest BCUT2D eigenvalue weighted by Crippen LogP contribution is 2.49. The van der Waals surface area contributed by atoms with E-state index in [9.17, 15) is 0 Å². The van der Waals surface area contributed by atoms with Crippen LogP contribution in [0.5, 0.6) is 0 Å². The Bertz CT molecular complexity index is 317. The highest BCUT2D eigenvalue weighted by molar-refractivity contribution is 5.37. The summed E-state index contributed by atoms with van der Waals surface area (Å²) in [5.74, 6) is 1.58. The number of fused-ring (bicyclic) bond motifs is 4. The van der Waals surface area contributed by atoms with Gasteiger partial charge in [-0.15, -0.1) is 0 Å². The molecule has 0 radical (unpaired) electrons. The first-order valence-electron chi connectivity index (χ1n) is 5.20. The molecule has 1 saturated carbocycles. The molecule has 0 amide bonds. The molecule has 1 fully saturated rings. The van der Waals surface area contributed by atoms with Crippen LogP contribution in [0.3, 0.4) is 0 Å². The number of nitrogens with two attached hydrogens (primary N) is 1. The predicted octanol–water partition coefficient (Wildman–Crippen LogP) is 2.58. The molecule has 3 rings (SSSR count). The van der Waals surface area contributed by atoms with Gasteiger partial charge < -0.3 is 5.73 Å². The summed E-state index contributed by atoms with van der Waals surface area (Å²) in [7, 11) is 0. The summed E-state index contributed by atoms with van der Waals surface area (Å²) < 4.78 is 0. The van der Waals surface area contributed by atoms with Gasteiger partial charge in [0, 0.05) is 6.04 Å². The van der Waals surface area contributed by atoms with E-state index in [1.54, 1.807) is 0 Å². The van der Waals surface area contributed by atoms with Crippen LogP contribution < -0.4 is 5.73 Å². The van der Waals surface area contributed by atoms with Crippen molar-refractivity contribution >= 4 is 0 Å². The minimum atomic E-state index is 0.315. The number of hydrogen-bond acceptors (Lipinski definition) is 1. The predicted molar refractivity (Wildman–Crippen MR) is 53.5 cm³/mol. The lowest BCUT2D eigenvalue weighted by Crippen LogP contribution is -2.24. The zero-order valence-corrected chi connectivity index (χ0v) is 7.74. The summed E-state index contributed by atoms with van der Waals surface area (Å²) in [4.78, 5) is 0. The lowest BCUT2D eigenvalue weighted by molar-refractivity contribution is 0.417. The number of hydrogen-bond donors (Lipinski definition) is 1. The SMILES string of the molecule is NC1c2ccccc2C2CCC1C2. The van der Waals surface area contributed by atoms with Crippen LogP contribution in [0, 0.1) is 5.92 Å². The lowest BCUT2D eigenvalue weighted by Gasteiger charge is -2.28. The van der Waals surface area contributed by atoms with E-state index in [2.05, 4.69) is 24.3 Å². The van der Waals surface area contributed by atoms with Gasteiger partial charge >= 0.3 is 0 Å². The monoisotopic (exact) mass is 173 g/mol. The van der Waals surface area contributed by atoms with Crippen LogP contribution in [-0.4, -0.2) is 0 Å². The first-order valence-corrected chi connectivity index (χ1v) is 5.20. The highest BCUT2D eigenvalue weighted by Gasteiger charge is 2.37. The topological polar surface area (TPSA) is 26.0 Å². The standard InChI is InChI=1S/C12H15N/c13-12-9-6-5-8(7-9)10-3-1-2-4-11(10)12/h1-4,8-9,12H,5-7,13H2. The van der Waals surface area contributed by atoms with Crippen molar-refractivity contribution < 1.29 is 0 Å². The van der Waals surface area contributed by atoms with E-state index in [1.165, 1.54) is 30.4 Å². The molecule has 1 aromatic rings. The van der Waals surface area contributed by atoms with Crippen molar-refractivity contribution in [3.63, 3.8) is 0 Å². The molecule has 3 unspecified atom stereocenters. The molecule has 0 heterocycles. The third-order valence-electron chi connectivity index (χ3n) is 3.78. The summed E-state index contributed by atoms with van der Waals surface area (Å²) in [5.41, 5.74) is 9.18. The molecule has 0 aromatic heterocycles. The van der Waals surface area contributed by atoms with Gasteiger partial charge in [-0.2, -0.15) is 0 Å². The zero-order valence-electron chi connectivity index (χ0n) is 7.74. The lowest BCUT2D eigenvalue weighted by atomic mass is 9.80. The van der Waals surface area contributed by atoms with Gasteiger partial charge in [-0.1, -0.05) is 24.3 Å². The molecule has 2 aliphatic carbocycles. The molecule has 1 nitrogen and oxygen atoms in total. The van der Waals surface area contributed by atoms with Crippen molar-refractivity contribution in [1.82, 2.24) is 0 Å². The maximum absolute atomic E-state index is 6.23. The van der Waals surface area contributed by atoms with Gasteiger partial charge in [0.2, 0.25) is 0 Å². The van der Waals surface area contributed by atoms with Gasteiger partial charge in [0.15, 0.2) is 0 Å². The van der Waals surface area contributed by atoms with E-state index in [1.807, 2.05) is 0 Å². The Morgan fingerprint density at radius 1 is 1.08 bits per heavy atom. The van der Waals surface area contributed by atoms with Crippen LogP contribution in [0.25, 0.3) is 0 Å². The van der Waals surface area contributed by atoms with Crippen molar-refractivity contribution in [2.45, 2.75) is 31.2 Å². The maximum atomic E-state index is 6.23. The molecule has 0 saturated heterocycles. The normalized spacial score (nSPS) is 35.9. The zero-order chi connectivity index (χ0) is 8.84. The summed E-state index contributed by atoms with van der Waals surface area (Å²) in [6, 6.07) is 9.05. The average Bonchev–Trinajstić information content (AvgIpc) is 2.61. The minimum absolute atomic E-state index is 0.315. The molecule has 0 spiro atoms. The Labute approximate surface area is 78.9 Å². The molecule has 3 atom stereocenters. The molecule has 68 valence electrons. The van der Waals surface area contributed by atoms with E-state index in [0.29, 0.717) is 6.04 Å². The van der Waals surface area contributed by atoms with Crippen LogP contribution in [0.2, 0.25) is 0 Å². The summed E-state index contributed by atoms with van der Waals surface area (Å²) >= 11 is 0. The fourth-order valence-electron chi connectivity index (χ4n) is 3.07. The van der Waals surface area contributed by atoms with Crippen LogP contribution >= 0.6 is 0 Å². The second-order valence-electron chi connectivity index (χ2n) is 4.42. The quantitative estimate of drug-likeness (QED) is 0.641. The summed E-state index contributed by atoms with van der Waals surface area (Å²) in [5, 5.41) is 0. The molecule has 2 bridgehead atoms. The number of rotatable bonds is 0. The van der Waals surface area contributed by atoms with Crippen LogP contribution in [0.1, 0.15) is 42.3 Å². The van der Waals surface area contributed by atoms with Gasteiger partial charge in [0.25, 0.3) is 0 Å². The maximum Gasteiger partial charge on any atom is 0.0326 e. The van der Waals surface area contributed by atoms with Crippen LogP contribution in [0.4, 0.5) is 0 Å². The average molecular weight is 173 g/mol. The Kier molecular flexibility index (Phi) is 1.50. The van der Waals surface area contributed by atoms with Crippen LogP contribution in [-0.2, 0) is 0 Å². The summed E-state index contributed by atoms with van der Waals surface area (Å²) in [6.45, 7) is 0. The third-order valence-corrected chi connectivity index (χ3v) is 3.78. The van der Waals surface area contributed by atoms with Crippen molar-refractivity contribution in [3.05, 3.63) is 35.4 Å². The van der Waals surface area contributed by atoms with Gasteiger partial charge in [0.1, 0.15) is 0 Å². The third kappa shape index (κ3) is 0.969.